The number of carbonyl (C=O) groups is 2. The fourth-order valence-corrected chi connectivity index (χ4v) is 4.89. The summed E-state index contributed by atoms with van der Waals surface area (Å²) in [4.78, 5) is 24.4. The van der Waals surface area contributed by atoms with E-state index in [0.717, 1.165) is 24.8 Å². The molecule has 2 aromatic carbocycles. The van der Waals surface area contributed by atoms with Crippen molar-refractivity contribution in [2.24, 2.45) is 0 Å². The lowest BCUT2D eigenvalue weighted by Crippen LogP contribution is -2.40. The minimum atomic E-state index is -1.95. The molecule has 2 aromatic rings. The van der Waals surface area contributed by atoms with Gasteiger partial charge in [0.25, 0.3) is 0 Å². The lowest BCUT2D eigenvalue weighted by Gasteiger charge is -2.26. The third-order valence-electron chi connectivity index (χ3n) is 7.38. The molecular formula is C36H43FO5. The van der Waals surface area contributed by atoms with Gasteiger partial charge in [0, 0.05) is 17.4 Å². The van der Waals surface area contributed by atoms with Crippen molar-refractivity contribution in [3.8, 4) is 17.6 Å². The maximum absolute atomic E-state index is 14.5. The van der Waals surface area contributed by atoms with E-state index < -0.39 is 23.4 Å². The van der Waals surface area contributed by atoms with Gasteiger partial charge in [-0.25, -0.2) is 14.0 Å². The Kier molecular flexibility index (Phi) is 13.9. The fraction of sp³-hybridized carbons (Fsp3) is 0.444. The molecule has 0 amide bonds. The highest BCUT2D eigenvalue weighted by Gasteiger charge is 2.39. The maximum atomic E-state index is 14.5. The molecule has 1 aliphatic carbocycles. The van der Waals surface area contributed by atoms with E-state index in [0.29, 0.717) is 6.61 Å². The molecule has 1 N–H and O–H groups in total. The number of rotatable bonds is 17. The highest BCUT2D eigenvalue weighted by Crippen LogP contribution is 2.29. The number of benzene rings is 2. The molecule has 0 saturated carbocycles. The van der Waals surface area contributed by atoms with Crippen LogP contribution in [-0.4, -0.2) is 29.3 Å². The molecule has 0 heterocycles. The minimum Gasteiger partial charge on any atom is -0.491 e. The summed E-state index contributed by atoms with van der Waals surface area (Å²) >= 11 is 0. The van der Waals surface area contributed by atoms with Crippen LogP contribution in [0.1, 0.15) is 101 Å². The van der Waals surface area contributed by atoms with Crippen LogP contribution < -0.4 is 4.74 Å². The molecule has 0 radical (unpaired) electrons. The first kappa shape index (κ1) is 32.7. The van der Waals surface area contributed by atoms with Gasteiger partial charge in [0.15, 0.2) is 11.6 Å². The molecule has 1 aliphatic rings. The van der Waals surface area contributed by atoms with Crippen LogP contribution in [-0.2, 0) is 14.3 Å². The second-order valence-corrected chi connectivity index (χ2v) is 10.8. The van der Waals surface area contributed by atoms with Crippen molar-refractivity contribution < 1.29 is 28.6 Å². The van der Waals surface area contributed by atoms with Gasteiger partial charge in [0.05, 0.1) is 6.61 Å². The molecule has 0 fully saturated rings. The Morgan fingerprint density at radius 1 is 0.857 bits per heavy atom. The number of carbonyl (C=O) groups excluding carboxylic acids is 1. The molecule has 6 heteroatoms. The molecule has 0 unspecified atom stereocenters. The molecule has 224 valence electrons. The molecule has 0 saturated heterocycles. The highest BCUT2D eigenvalue weighted by atomic mass is 19.1. The lowest BCUT2D eigenvalue weighted by molar-refractivity contribution is -0.164. The Morgan fingerprint density at radius 3 is 2.02 bits per heavy atom. The van der Waals surface area contributed by atoms with E-state index >= 15 is 0 Å². The summed E-state index contributed by atoms with van der Waals surface area (Å²) < 4.78 is 25.4. The number of carboxylic acids is 1. The smallest absolute Gasteiger partial charge is 0.386 e. The molecule has 0 aromatic heterocycles. The molecule has 42 heavy (non-hydrogen) atoms. The number of hydrogen-bond donors (Lipinski definition) is 1. The number of ether oxygens (including phenoxy) is 2. The fourth-order valence-electron chi connectivity index (χ4n) is 4.89. The van der Waals surface area contributed by atoms with E-state index in [1.54, 1.807) is 18.2 Å². The molecule has 0 bridgehead atoms. The number of hydrogen-bond acceptors (Lipinski definition) is 4. The SMILES string of the molecule is CCCCCCCCCCCCCCOc1ccc(C#CC(=O)OC2(C(=O)O)C=CC(c3ccccc3)C=C2)cc1F. The van der Waals surface area contributed by atoms with E-state index in [4.69, 9.17) is 9.47 Å². The van der Waals surface area contributed by atoms with Gasteiger partial charge in [-0.15, -0.1) is 0 Å². The molecule has 0 spiro atoms. The number of esters is 1. The molecule has 0 aliphatic heterocycles. The second kappa shape index (κ2) is 17.9. The van der Waals surface area contributed by atoms with Gasteiger partial charge in [-0.3, -0.25) is 0 Å². The number of halogens is 1. The normalized spacial score (nSPS) is 17.3. The summed E-state index contributed by atoms with van der Waals surface area (Å²) in [7, 11) is 0. The monoisotopic (exact) mass is 574 g/mol. The predicted molar refractivity (Wildman–Crippen MR) is 164 cm³/mol. The zero-order chi connectivity index (χ0) is 30.0. The third-order valence-corrected chi connectivity index (χ3v) is 7.38. The first-order valence-corrected chi connectivity index (χ1v) is 15.3. The van der Waals surface area contributed by atoms with Crippen LogP contribution in [0.2, 0.25) is 0 Å². The number of carboxylic acid groups (broad SMARTS) is 1. The van der Waals surface area contributed by atoms with Crippen LogP contribution in [0.15, 0.2) is 72.8 Å². The van der Waals surface area contributed by atoms with Gasteiger partial charge in [0.1, 0.15) is 0 Å². The van der Waals surface area contributed by atoms with Crippen LogP contribution in [0.3, 0.4) is 0 Å². The average molecular weight is 575 g/mol. The zero-order valence-electron chi connectivity index (χ0n) is 24.7. The topological polar surface area (TPSA) is 72.8 Å². The molecule has 5 nitrogen and oxygen atoms in total. The quantitative estimate of drug-likeness (QED) is 0.0887. The standard InChI is InChI=1S/C36H43FO5/c1-2-3-4-5-6-7-8-9-10-11-12-16-27-41-33-21-19-29(28-32(33)37)20-22-34(38)42-36(35(39)40)25-23-31(24-26-36)30-17-14-13-15-18-30/h13-15,17-19,21,23-26,28,31H,2-12,16,27H2,1H3,(H,39,40). The van der Waals surface area contributed by atoms with E-state index in [9.17, 15) is 19.1 Å². The Hall–Kier alpha value is -3.85. The molecular weight excluding hydrogens is 531 g/mol. The van der Waals surface area contributed by atoms with Crippen molar-refractivity contribution in [3.63, 3.8) is 0 Å². The van der Waals surface area contributed by atoms with Crippen molar-refractivity contribution in [2.45, 2.75) is 95.5 Å². The van der Waals surface area contributed by atoms with Gasteiger partial charge in [-0.1, -0.05) is 126 Å². The summed E-state index contributed by atoms with van der Waals surface area (Å²) in [6, 6.07) is 13.8. The van der Waals surface area contributed by atoms with Crippen LogP contribution in [0.4, 0.5) is 4.39 Å². The predicted octanol–water partition coefficient (Wildman–Crippen LogP) is 8.53. The first-order valence-electron chi connectivity index (χ1n) is 15.3. The highest BCUT2D eigenvalue weighted by molar-refractivity contribution is 5.94. The van der Waals surface area contributed by atoms with Crippen LogP contribution >= 0.6 is 0 Å². The zero-order valence-corrected chi connectivity index (χ0v) is 24.7. The molecule has 3 rings (SSSR count). The van der Waals surface area contributed by atoms with Gasteiger partial charge in [-0.05, 0) is 42.3 Å². The number of unbranched alkanes of at least 4 members (excludes halogenated alkanes) is 11. The van der Waals surface area contributed by atoms with Gasteiger partial charge in [0.2, 0.25) is 5.60 Å². The van der Waals surface area contributed by atoms with Crippen LogP contribution in [0.25, 0.3) is 0 Å². The van der Waals surface area contributed by atoms with Crippen LogP contribution in [0, 0.1) is 17.7 Å². The first-order chi connectivity index (χ1) is 20.4. The van der Waals surface area contributed by atoms with E-state index in [1.807, 2.05) is 30.3 Å². The number of aliphatic carboxylic acids is 1. The third kappa shape index (κ3) is 10.9. The van der Waals surface area contributed by atoms with Crippen molar-refractivity contribution in [1.29, 1.82) is 0 Å². The van der Waals surface area contributed by atoms with Crippen molar-refractivity contribution in [3.05, 3.63) is 89.8 Å². The average Bonchev–Trinajstić information content (AvgIpc) is 3.00. The Bertz CT molecular complexity index is 1240. The number of allylic oxidation sites excluding steroid dienone is 2. The van der Waals surface area contributed by atoms with Gasteiger partial charge < -0.3 is 14.6 Å². The van der Waals surface area contributed by atoms with Crippen molar-refractivity contribution >= 4 is 11.9 Å². The summed E-state index contributed by atoms with van der Waals surface area (Å²) in [5.41, 5.74) is -0.711. The maximum Gasteiger partial charge on any atom is 0.386 e. The summed E-state index contributed by atoms with van der Waals surface area (Å²) in [5, 5.41) is 9.75. The summed E-state index contributed by atoms with van der Waals surface area (Å²) in [6.45, 7) is 2.68. The van der Waals surface area contributed by atoms with Crippen molar-refractivity contribution in [1.82, 2.24) is 0 Å². The second-order valence-electron chi connectivity index (χ2n) is 10.8. The Balaban J connectivity index is 1.38. The van der Waals surface area contributed by atoms with E-state index in [-0.39, 0.29) is 17.2 Å². The Labute approximate surface area is 249 Å². The minimum absolute atomic E-state index is 0.133. The summed E-state index contributed by atoms with van der Waals surface area (Å²) in [5.74, 6) is 1.88. The van der Waals surface area contributed by atoms with E-state index in [1.165, 1.54) is 82.1 Å². The Morgan fingerprint density at radius 2 is 1.45 bits per heavy atom. The van der Waals surface area contributed by atoms with Gasteiger partial charge >= 0.3 is 11.9 Å². The van der Waals surface area contributed by atoms with Crippen LogP contribution in [0.5, 0.6) is 5.75 Å². The lowest BCUT2D eigenvalue weighted by atomic mass is 9.88. The van der Waals surface area contributed by atoms with E-state index in [2.05, 4.69) is 18.8 Å². The van der Waals surface area contributed by atoms with Crippen molar-refractivity contribution in [2.75, 3.05) is 6.61 Å². The molecule has 0 atom stereocenters. The summed E-state index contributed by atoms with van der Waals surface area (Å²) in [6.07, 6.45) is 21.0. The largest absolute Gasteiger partial charge is 0.491 e. The van der Waals surface area contributed by atoms with Gasteiger partial charge in [-0.2, -0.15) is 0 Å².